The molecule has 0 aliphatic heterocycles. The summed E-state index contributed by atoms with van der Waals surface area (Å²) in [4.78, 5) is 18.5. The number of carbonyl (C=O) groups is 1. The SMILES string of the molecule is Cc1ccccc1CNc1cncc(C(=O)N(C)c2ccccc2)c1. The summed E-state index contributed by atoms with van der Waals surface area (Å²) >= 11 is 0. The van der Waals surface area contributed by atoms with Crippen LogP contribution in [0.15, 0.2) is 73.1 Å². The van der Waals surface area contributed by atoms with Crippen molar-refractivity contribution in [2.24, 2.45) is 0 Å². The molecule has 4 heteroatoms. The number of aromatic nitrogens is 1. The summed E-state index contributed by atoms with van der Waals surface area (Å²) < 4.78 is 0. The lowest BCUT2D eigenvalue weighted by molar-refractivity contribution is 0.0992. The van der Waals surface area contributed by atoms with Crippen molar-refractivity contribution in [1.29, 1.82) is 0 Å². The summed E-state index contributed by atoms with van der Waals surface area (Å²) in [6.07, 6.45) is 3.33. The predicted octanol–water partition coefficient (Wildman–Crippen LogP) is 4.28. The number of aryl methyl sites for hydroxylation is 1. The first-order chi connectivity index (χ1) is 12.1. The zero-order valence-corrected chi connectivity index (χ0v) is 14.4. The molecular formula is C21H21N3O. The van der Waals surface area contributed by atoms with Crippen LogP contribution in [0.4, 0.5) is 11.4 Å². The van der Waals surface area contributed by atoms with Crippen LogP contribution in [-0.4, -0.2) is 17.9 Å². The summed E-state index contributed by atoms with van der Waals surface area (Å²) in [5.41, 5.74) is 4.70. The molecule has 0 aliphatic carbocycles. The van der Waals surface area contributed by atoms with E-state index in [1.807, 2.05) is 48.5 Å². The number of para-hydroxylation sites is 1. The number of hydrogen-bond acceptors (Lipinski definition) is 3. The van der Waals surface area contributed by atoms with Crippen molar-refractivity contribution in [2.75, 3.05) is 17.3 Å². The molecule has 0 saturated carbocycles. The zero-order chi connectivity index (χ0) is 17.6. The van der Waals surface area contributed by atoms with Gasteiger partial charge in [0.05, 0.1) is 11.3 Å². The molecule has 1 aromatic heterocycles. The Labute approximate surface area is 148 Å². The van der Waals surface area contributed by atoms with Gasteiger partial charge in [0.15, 0.2) is 0 Å². The number of nitrogens with one attached hydrogen (secondary N) is 1. The van der Waals surface area contributed by atoms with Gasteiger partial charge in [0.2, 0.25) is 0 Å². The van der Waals surface area contributed by atoms with Crippen LogP contribution in [0.2, 0.25) is 0 Å². The molecule has 0 radical (unpaired) electrons. The Bertz CT molecular complexity index is 862. The van der Waals surface area contributed by atoms with Crippen LogP contribution < -0.4 is 10.2 Å². The topological polar surface area (TPSA) is 45.2 Å². The van der Waals surface area contributed by atoms with Gasteiger partial charge in [0, 0.05) is 31.7 Å². The van der Waals surface area contributed by atoms with Crippen molar-refractivity contribution in [2.45, 2.75) is 13.5 Å². The van der Waals surface area contributed by atoms with Crippen molar-refractivity contribution in [3.8, 4) is 0 Å². The lowest BCUT2D eigenvalue weighted by Gasteiger charge is -2.17. The summed E-state index contributed by atoms with van der Waals surface area (Å²) in [5, 5.41) is 3.34. The number of pyridine rings is 1. The number of benzene rings is 2. The number of rotatable bonds is 5. The van der Waals surface area contributed by atoms with Crippen LogP contribution in [0.5, 0.6) is 0 Å². The average molecular weight is 331 g/mol. The van der Waals surface area contributed by atoms with Gasteiger partial charge >= 0.3 is 0 Å². The molecule has 0 aliphatic rings. The number of nitrogens with zero attached hydrogens (tertiary/aromatic N) is 2. The lowest BCUT2D eigenvalue weighted by atomic mass is 10.1. The molecule has 0 atom stereocenters. The highest BCUT2D eigenvalue weighted by atomic mass is 16.2. The van der Waals surface area contributed by atoms with Gasteiger partial charge in [-0.1, -0.05) is 42.5 Å². The molecule has 0 unspecified atom stereocenters. The zero-order valence-electron chi connectivity index (χ0n) is 14.4. The molecule has 1 heterocycles. The molecule has 2 aromatic carbocycles. The van der Waals surface area contributed by atoms with Gasteiger partial charge in [0.25, 0.3) is 5.91 Å². The minimum atomic E-state index is -0.0850. The molecule has 25 heavy (non-hydrogen) atoms. The fourth-order valence-corrected chi connectivity index (χ4v) is 2.62. The minimum Gasteiger partial charge on any atom is -0.380 e. The molecule has 4 nitrogen and oxygen atoms in total. The molecule has 1 amide bonds. The molecule has 0 fully saturated rings. The van der Waals surface area contributed by atoms with Crippen molar-refractivity contribution in [3.63, 3.8) is 0 Å². The maximum Gasteiger partial charge on any atom is 0.259 e. The van der Waals surface area contributed by atoms with E-state index in [1.54, 1.807) is 24.3 Å². The van der Waals surface area contributed by atoms with Crippen molar-refractivity contribution in [1.82, 2.24) is 4.98 Å². The van der Waals surface area contributed by atoms with Gasteiger partial charge in [-0.3, -0.25) is 9.78 Å². The number of anilines is 2. The highest BCUT2D eigenvalue weighted by molar-refractivity contribution is 6.05. The second kappa shape index (κ2) is 7.62. The number of amides is 1. The lowest BCUT2D eigenvalue weighted by Crippen LogP contribution is -2.26. The molecule has 3 aromatic rings. The van der Waals surface area contributed by atoms with Crippen LogP contribution in [0.1, 0.15) is 21.5 Å². The van der Waals surface area contributed by atoms with Gasteiger partial charge in [-0.15, -0.1) is 0 Å². The van der Waals surface area contributed by atoms with Gasteiger partial charge in [0.1, 0.15) is 0 Å². The first kappa shape index (κ1) is 16.7. The van der Waals surface area contributed by atoms with Gasteiger partial charge in [-0.25, -0.2) is 0 Å². The average Bonchev–Trinajstić information content (AvgIpc) is 2.67. The predicted molar refractivity (Wildman–Crippen MR) is 102 cm³/mol. The first-order valence-electron chi connectivity index (χ1n) is 8.21. The van der Waals surface area contributed by atoms with Crippen molar-refractivity contribution < 1.29 is 4.79 Å². The highest BCUT2D eigenvalue weighted by Gasteiger charge is 2.14. The third-order valence-electron chi connectivity index (χ3n) is 4.18. The Kier molecular flexibility index (Phi) is 5.09. The molecular weight excluding hydrogens is 310 g/mol. The van der Waals surface area contributed by atoms with E-state index in [9.17, 15) is 4.79 Å². The number of hydrogen-bond donors (Lipinski definition) is 1. The summed E-state index contributed by atoms with van der Waals surface area (Å²) in [6.45, 7) is 2.78. The van der Waals surface area contributed by atoms with E-state index in [-0.39, 0.29) is 5.91 Å². The van der Waals surface area contributed by atoms with Crippen LogP contribution >= 0.6 is 0 Å². The van der Waals surface area contributed by atoms with E-state index < -0.39 is 0 Å². The minimum absolute atomic E-state index is 0.0850. The highest BCUT2D eigenvalue weighted by Crippen LogP contribution is 2.17. The molecule has 3 rings (SSSR count). The maximum absolute atomic E-state index is 12.7. The third kappa shape index (κ3) is 4.04. The summed E-state index contributed by atoms with van der Waals surface area (Å²) in [5.74, 6) is -0.0850. The smallest absolute Gasteiger partial charge is 0.259 e. The van der Waals surface area contributed by atoms with E-state index in [2.05, 4.69) is 29.4 Å². The first-order valence-corrected chi connectivity index (χ1v) is 8.21. The van der Waals surface area contributed by atoms with Crippen molar-refractivity contribution in [3.05, 3.63) is 89.7 Å². The van der Waals surface area contributed by atoms with Crippen LogP contribution in [-0.2, 0) is 6.54 Å². The molecule has 0 saturated heterocycles. The Morgan fingerprint density at radius 2 is 1.76 bits per heavy atom. The third-order valence-corrected chi connectivity index (χ3v) is 4.18. The molecule has 1 N–H and O–H groups in total. The fourth-order valence-electron chi connectivity index (χ4n) is 2.62. The molecule has 126 valence electrons. The Morgan fingerprint density at radius 1 is 1.04 bits per heavy atom. The van der Waals surface area contributed by atoms with Gasteiger partial charge < -0.3 is 10.2 Å². The second-order valence-corrected chi connectivity index (χ2v) is 5.94. The molecule has 0 bridgehead atoms. The summed E-state index contributed by atoms with van der Waals surface area (Å²) in [7, 11) is 1.77. The van der Waals surface area contributed by atoms with Crippen LogP contribution in [0, 0.1) is 6.92 Å². The van der Waals surface area contributed by atoms with E-state index in [0.717, 1.165) is 11.4 Å². The Hall–Kier alpha value is -3.14. The fraction of sp³-hybridized carbons (Fsp3) is 0.143. The Morgan fingerprint density at radius 3 is 2.52 bits per heavy atom. The van der Waals surface area contributed by atoms with Gasteiger partial charge in [-0.05, 0) is 36.2 Å². The monoisotopic (exact) mass is 331 g/mol. The van der Waals surface area contributed by atoms with E-state index in [4.69, 9.17) is 0 Å². The largest absolute Gasteiger partial charge is 0.380 e. The Balaban J connectivity index is 1.73. The van der Waals surface area contributed by atoms with Crippen LogP contribution in [0.25, 0.3) is 0 Å². The van der Waals surface area contributed by atoms with Crippen LogP contribution in [0.3, 0.4) is 0 Å². The normalized spacial score (nSPS) is 10.3. The molecule has 0 spiro atoms. The second-order valence-electron chi connectivity index (χ2n) is 5.94. The standard InChI is InChI=1S/C21H21N3O/c1-16-8-6-7-9-17(16)14-23-19-12-18(13-22-15-19)21(25)24(2)20-10-4-3-5-11-20/h3-13,15,23H,14H2,1-2H3. The van der Waals surface area contributed by atoms with E-state index in [0.29, 0.717) is 12.1 Å². The summed E-state index contributed by atoms with van der Waals surface area (Å²) in [6, 6.07) is 19.6. The number of carbonyl (C=O) groups excluding carboxylic acids is 1. The van der Waals surface area contributed by atoms with E-state index in [1.165, 1.54) is 11.1 Å². The maximum atomic E-state index is 12.7. The van der Waals surface area contributed by atoms with E-state index >= 15 is 0 Å². The van der Waals surface area contributed by atoms with Gasteiger partial charge in [-0.2, -0.15) is 0 Å². The quantitative estimate of drug-likeness (QED) is 0.759. The van der Waals surface area contributed by atoms with Crippen molar-refractivity contribution >= 4 is 17.3 Å².